The van der Waals surface area contributed by atoms with E-state index in [1.54, 1.807) is 10.9 Å². The van der Waals surface area contributed by atoms with Crippen LogP contribution in [0.15, 0.2) is 65.7 Å². The van der Waals surface area contributed by atoms with Crippen molar-refractivity contribution in [3.8, 4) is 5.69 Å². The SMILES string of the molecule is O=c1[nH]c(N2CCC(c3c[nH]c4cc(F)ccc34)CC2)nc2c1cnn2-c1ccccc1. The van der Waals surface area contributed by atoms with E-state index in [0.29, 0.717) is 22.9 Å². The number of rotatable bonds is 3. The molecule has 1 aliphatic heterocycles. The molecule has 3 aromatic heterocycles. The number of fused-ring (bicyclic) bond motifs is 2. The van der Waals surface area contributed by atoms with Crippen LogP contribution in [0.4, 0.5) is 10.3 Å². The molecular formula is C24H21FN6O. The minimum atomic E-state index is -0.235. The molecule has 32 heavy (non-hydrogen) atoms. The normalized spacial score (nSPS) is 15.1. The molecule has 5 aromatic rings. The van der Waals surface area contributed by atoms with Crippen molar-refractivity contribution in [2.45, 2.75) is 18.8 Å². The number of benzene rings is 2. The molecular weight excluding hydrogens is 407 g/mol. The minimum Gasteiger partial charge on any atom is -0.361 e. The van der Waals surface area contributed by atoms with Crippen LogP contribution in [-0.4, -0.2) is 37.8 Å². The molecule has 160 valence electrons. The van der Waals surface area contributed by atoms with E-state index in [4.69, 9.17) is 4.98 Å². The maximum Gasteiger partial charge on any atom is 0.263 e. The number of hydrogen-bond donors (Lipinski definition) is 2. The number of aromatic amines is 2. The number of aromatic nitrogens is 5. The van der Waals surface area contributed by atoms with Crippen LogP contribution in [0.1, 0.15) is 24.3 Å². The number of anilines is 1. The van der Waals surface area contributed by atoms with Crippen LogP contribution in [0, 0.1) is 5.82 Å². The van der Waals surface area contributed by atoms with Gasteiger partial charge in [-0.05, 0) is 54.7 Å². The lowest BCUT2D eigenvalue weighted by Gasteiger charge is -2.32. The Labute approximate surface area is 182 Å². The number of para-hydroxylation sites is 1. The number of hydrogen-bond acceptors (Lipinski definition) is 4. The molecule has 7 nitrogen and oxygen atoms in total. The van der Waals surface area contributed by atoms with E-state index in [-0.39, 0.29) is 11.4 Å². The zero-order valence-electron chi connectivity index (χ0n) is 17.3. The number of halogens is 1. The molecule has 4 heterocycles. The van der Waals surface area contributed by atoms with Crippen molar-refractivity contribution in [3.63, 3.8) is 0 Å². The molecule has 0 saturated carbocycles. The second-order valence-corrected chi connectivity index (χ2v) is 8.21. The molecule has 1 saturated heterocycles. The summed E-state index contributed by atoms with van der Waals surface area (Å²) in [6.45, 7) is 1.54. The van der Waals surface area contributed by atoms with Gasteiger partial charge in [-0.15, -0.1) is 0 Å². The van der Waals surface area contributed by atoms with E-state index in [1.807, 2.05) is 42.6 Å². The van der Waals surface area contributed by atoms with E-state index in [1.165, 1.54) is 17.7 Å². The van der Waals surface area contributed by atoms with Gasteiger partial charge in [0.05, 0.1) is 11.9 Å². The molecule has 0 atom stereocenters. The maximum absolute atomic E-state index is 13.5. The van der Waals surface area contributed by atoms with Crippen LogP contribution in [0.5, 0.6) is 0 Å². The summed E-state index contributed by atoms with van der Waals surface area (Å²) < 4.78 is 15.2. The average molecular weight is 428 g/mol. The van der Waals surface area contributed by atoms with Gasteiger partial charge >= 0.3 is 0 Å². The molecule has 1 fully saturated rings. The smallest absolute Gasteiger partial charge is 0.263 e. The fraction of sp³-hybridized carbons (Fsp3) is 0.208. The van der Waals surface area contributed by atoms with Gasteiger partial charge in [0.1, 0.15) is 11.2 Å². The summed E-state index contributed by atoms with van der Waals surface area (Å²) in [6.07, 6.45) is 5.40. The summed E-state index contributed by atoms with van der Waals surface area (Å²) in [5, 5.41) is 5.92. The van der Waals surface area contributed by atoms with Gasteiger partial charge in [-0.2, -0.15) is 10.1 Å². The van der Waals surface area contributed by atoms with E-state index >= 15 is 0 Å². The number of piperidine rings is 1. The van der Waals surface area contributed by atoms with Crippen molar-refractivity contribution < 1.29 is 4.39 Å². The average Bonchev–Trinajstić information content (AvgIpc) is 3.44. The summed E-state index contributed by atoms with van der Waals surface area (Å²) >= 11 is 0. The predicted octanol–water partition coefficient (Wildman–Crippen LogP) is 4.11. The minimum absolute atomic E-state index is 0.187. The Kier molecular flexibility index (Phi) is 4.31. The first-order valence-corrected chi connectivity index (χ1v) is 10.7. The van der Waals surface area contributed by atoms with Crippen LogP contribution in [0.2, 0.25) is 0 Å². The van der Waals surface area contributed by atoms with E-state index in [2.05, 4.69) is 20.0 Å². The Balaban J connectivity index is 1.28. The van der Waals surface area contributed by atoms with Crippen molar-refractivity contribution >= 4 is 27.9 Å². The Bertz CT molecular complexity index is 1480. The van der Waals surface area contributed by atoms with Crippen molar-refractivity contribution in [2.24, 2.45) is 0 Å². The van der Waals surface area contributed by atoms with E-state index < -0.39 is 0 Å². The summed E-state index contributed by atoms with van der Waals surface area (Å²) in [6, 6.07) is 14.6. The molecule has 2 aromatic carbocycles. The number of nitrogens with one attached hydrogen (secondary N) is 2. The molecule has 8 heteroatoms. The van der Waals surface area contributed by atoms with Crippen molar-refractivity contribution in [2.75, 3.05) is 18.0 Å². The van der Waals surface area contributed by atoms with Crippen molar-refractivity contribution in [3.05, 3.63) is 82.7 Å². The fourth-order valence-electron chi connectivity index (χ4n) is 4.68. The van der Waals surface area contributed by atoms with Gasteiger partial charge in [-0.3, -0.25) is 9.78 Å². The van der Waals surface area contributed by atoms with Gasteiger partial charge < -0.3 is 9.88 Å². The molecule has 0 radical (unpaired) electrons. The van der Waals surface area contributed by atoms with Crippen molar-refractivity contribution in [1.29, 1.82) is 0 Å². The number of H-pyrrole nitrogens is 2. The van der Waals surface area contributed by atoms with Crippen LogP contribution in [0.3, 0.4) is 0 Å². The summed E-state index contributed by atoms with van der Waals surface area (Å²) in [5.41, 5.74) is 3.27. The zero-order chi connectivity index (χ0) is 21.7. The highest BCUT2D eigenvalue weighted by molar-refractivity contribution is 5.84. The molecule has 0 unspecified atom stereocenters. The topological polar surface area (TPSA) is 82.6 Å². The van der Waals surface area contributed by atoms with Gasteiger partial charge in [0.25, 0.3) is 5.56 Å². The maximum atomic E-state index is 13.5. The van der Waals surface area contributed by atoms with E-state index in [9.17, 15) is 9.18 Å². The summed E-state index contributed by atoms with van der Waals surface area (Å²) in [5.74, 6) is 0.705. The van der Waals surface area contributed by atoms with E-state index in [0.717, 1.165) is 42.5 Å². The first-order valence-electron chi connectivity index (χ1n) is 10.7. The molecule has 0 bridgehead atoms. The second kappa shape index (κ2) is 7.33. The highest BCUT2D eigenvalue weighted by atomic mass is 19.1. The lowest BCUT2D eigenvalue weighted by molar-refractivity contribution is 0.501. The lowest BCUT2D eigenvalue weighted by atomic mass is 9.89. The Morgan fingerprint density at radius 2 is 1.84 bits per heavy atom. The van der Waals surface area contributed by atoms with Crippen molar-refractivity contribution in [1.82, 2.24) is 24.7 Å². The monoisotopic (exact) mass is 428 g/mol. The largest absolute Gasteiger partial charge is 0.361 e. The van der Waals surface area contributed by atoms with Gasteiger partial charge in [0.2, 0.25) is 5.95 Å². The molecule has 0 spiro atoms. The zero-order valence-corrected chi connectivity index (χ0v) is 17.3. The highest BCUT2D eigenvalue weighted by Gasteiger charge is 2.25. The molecule has 2 N–H and O–H groups in total. The predicted molar refractivity (Wildman–Crippen MR) is 122 cm³/mol. The Hall–Kier alpha value is -3.94. The first kappa shape index (κ1) is 18.8. The summed E-state index contributed by atoms with van der Waals surface area (Å²) in [7, 11) is 0. The quantitative estimate of drug-likeness (QED) is 0.453. The molecule has 0 amide bonds. The fourth-order valence-corrected chi connectivity index (χ4v) is 4.68. The van der Waals surface area contributed by atoms with Gasteiger partial charge in [-0.1, -0.05) is 18.2 Å². The lowest BCUT2D eigenvalue weighted by Crippen LogP contribution is -2.35. The summed E-state index contributed by atoms with van der Waals surface area (Å²) in [4.78, 5) is 25.7. The van der Waals surface area contributed by atoms with Crippen LogP contribution < -0.4 is 10.5 Å². The van der Waals surface area contributed by atoms with Gasteiger partial charge in [0.15, 0.2) is 5.65 Å². The third-order valence-electron chi connectivity index (χ3n) is 6.34. The standard InChI is InChI=1S/C24H21FN6O/c25-16-6-7-18-19(13-26-21(18)12-16)15-8-10-30(11-9-15)24-28-22-20(23(32)29-24)14-27-31(22)17-4-2-1-3-5-17/h1-7,12-15,26H,8-11H2,(H,28,29,32). The van der Waals surface area contributed by atoms with Crippen LogP contribution in [-0.2, 0) is 0 Å². The third kappa shape index (κ3) is 3.07. The van der Waals surface area contributed by atoms with Crippen LogP contribution >= 0.6 is 0 Å². The first-order chi connectivity index (χ1) is 15.7. The van der Waals surface area contributed by atoms with Gasteiger partial charge in [-0.25, -0.2) is 9.07 Å². The molecule has 6 rings (SSSR count). The third-order valence-corrected chi connectivity index (χ3v) is 6.34. The Morgan fingerprint density at radius 1 is 1.03 bits per heavy atom. The van der Waals surface area contributed by atoms with Gasteiger partial charge in [0, 0.05) is 30.2 Å². The number of nitrogens with zero attached hydrogens (tertiary/aromatic N) is 4. The molecule has 1 aliphatic rings. The van der Waals surface area contributed by atoms with Crippen LogP contribution in [0.25, 0.3) is 27.6 Å². The molecule has 0 aliphatic carbocycles. The Morgan fingerprint density at radius 3 is 2.66 bits per heavy atom. The second-order valence-electron chi connectivity index (χ2n) is 8.21. The highest BCUT2D eigenvalue weighted by Crippen LogP contribution is 2.34.